The first-order valence-corrected chi connectivity index (χ1v) is 8.44. The van der Waals surface area contributed by atoms with Gasteiger partial charge in [-0.15, -0.1) is 0 Å². The van der Waals surface area contributed by atoms with Crippen molar-refractivity contribution >= 4 is 16.9 Å². The Morgan fingerprint density at radius 1 is 1.15 bits per heavy atom. The minimum atomic E-state index is -0.123. The fraction of sp³-hybridized carbons (Fsp3) is 0.150. The second-order valence-electron chi connectivity index (χ2n) is 6.23. The van der Waals surface area contributed by atoms with Crippen molar-refractivity contribution in [2.45, 2.75) is 13.1 Å². The molecule has 1 aromatic carbocycles. The monoisotopic (exact) mass is 345 g/mol. The molecule has 0 saturated heterocycles. The first-order valence-electron chi connectivity index (χ1n) is 8.44. The highest BCUT2D eigenvalue weighted by atomic mass is 16.2. The average molecular weight is 345 g/mol. The van der Waals surface area contributed by atoms with Gasteiger partial charge in [-0.25, -0.2) is 9.97 Å². The number of pyridine rings is 1. The Balaban J connectivity index is 1.50. The van der Waals surface area contributed by atoms with Gasteiger partial charge >= 0.3 is 0 Å². The van der Waals surface area contributed by atoms with Crippen molar-refractivity contribution in [2.75, 3.05) is 7.05 Å². The Kier molecular flexibility index (Phi) is 4.23. The predicted molar refractivity (Wildman–Crippen MR) is 99.7 cm³/mol. The zero-order chi connectivity index (χ0) is 17.9. The van der Waals surface area contributed by atoms with E-state index in [0.717, 1.165) is 23.4 Å². The molecule has 1 N–H and O–H groups in total. The van der Waals surface area contributed by atoms with Crippen LogP contribution in [0.1, 0.15) is 21.9 Å². The average Bonchev–Trinajstić information content (AvgIpc) is 3.30. The number of hydrogen-bond acceptors (Lipinski definition) is 3. The number of aromatic amines is 1. The van der Waals surface area contributed by atoms with Crippen LogP contribution in [0.25, 0.3) is 11.0 Å². The number of hydrogen-bond donors (Lipinski definition) is 1. The molecule has 0 aliphatic rings. The van der Waals surface area contributed by atoms with Gasteiger partial charge in [-0.05, 0) is 23.8 Å². The van der Waals surface area contributed by atoms with E-state index in [1.165, 1.54) is 5.56 Å². The molecule has 0 saturated carbocycles. The molecule has 0 aliphatic carbocycles. The third-order valence-electron chi connectivity index (χ3n) is 4.35. The Labute approximate surface area is 151 Å². The summed E-state index contributed by atoms with van der Waals surface area (Å²) in [6, 6.07) is 15.7. The molecule has 26 heavy (non-hydrogen) atoms. The van der Waals surface area contributed by atoms with Crippen molar-refractivity contribution in [3.05, 3.63) is 84.2 Å². The first kappa shape index (κ1) is 16.1. The molecular weight excluding hydrogens is 326 g/mol. The molecule has 0 bridgehead atoms. The minimum Gasteiger partial charge on any atom is -0.360 e. The van der Waals surface area contributed by atoms with E-state index in [0.29, 0.717) is 12.2 Å². The standard InChI is InChI=1S/C20H19N5O/c1-24(20(26)18-8-7-16-17(23-18)9-10-21-16)14-19-22-11-12-25(19)13-15-5-3-2-4-6-15/h2-12,21H,13-14H2,1H3. The van der Waals surface area contributed by atoms with Crippen LogP contribution < -0.4 is 0 Å². The van der Waals surface area contributed by atoms with Crippen LogP contribution >= 0.6 is 0 Å². The molecule has 0 radical (unpaired) electrons. The maximum absolute atomic E-state index is 12.7. The van der Waals surface area contributed by atoms with Crippen molar-refractivity contribution < 1.29 is 4.79 Å². The molecule has 0 atom stereocenters. The van der Waals surface area contributed by atoms with Gasteiger partial charge in [0.15, 0.2) is 0 Å². The van der Waals surface area contributed by atoms with E-state index in [2.05, 4.69) is 31.7 Å². The van der Waals surface area contributed by atoms with Crippen LogP contribution in [0.2, 0.25) is 0 Å². The third kappa shape index (κ3) is 3.21. The van der Waals surface area contributed by atoms with Gasteiger partial charge in [0.05, 0.1) is 17.6 Å². The molecule has 3 aromatic heterocycles. The molecule has 3 heterocycles. The fourth-order valence-electron chi connectivity index (χ4n) is 2.95. The summed E-state index contributed by atoms with van der Waals surface area (Å²) >= 11 is 0. The molecule has 6 heteroatoms. The van der Waals surface area contributed by atoms with Crippen LogP contribution in [0, 0.1) is 0 Å². The lowest BCUT2D eigenvalue weighted by Gasteiger charge is -2.17. The number of aromatic nitrogens is 4. The minimum absolute atomic E-state index is 0.123. The van der Waals surface area contributed by atoms with Crippen LogP contribution in [0.15, 0.2) is 67.1 Å². The largest absolute Gasteiger partial charge is 0.360 e. The first-order chi connectivity index (χ1) is 12.7. The zero-order valence-electron chi connectivity index (χ0n) is 14.5. The topological polar surface area (TPSA) is 66.8 Å². The van der Waals surface area contributed by atoms with E-state index in [9.17, 15) is 4.79 Å². The van der Waals surface area contributed by atoms with Gasteiger partial charge in [-0.3, -0.25) is 4.79 Å². The van der Waals surface area contributed by atoms with Gasteiger partial charge < -0.3 is 14.5 Å². The van der Waals surface area contributed by atoms with Crippen LogP contribution in [-0.4, -0.2) is 37.4 Å². The highest BCUT2D eigenvalue weighted by Crippen LogP contribution is 2.13. The van der Waals surface area contributed by atoms with E-state index < -0.39 is 0 Å². The number of carbonyl (C=O) groups is 1. The van der Waals surface area contributed by atoms with Gasteiger partial charge in [-0.1, -0.05) is 30.3 Å². The normalized spacial score (nSPS) is 11.0. The molecule has 4 aromatic rings. The van der Waals surface area contributed by atoms with Crippen molar-refractivity contribution in [3.63, 3.8) is 0 Å². The van der Waals surface area contributed by atoms with Crippen LogP contribution in [-0.2, 0) is 13.1 Å². The summed E-state index contributed by atoms with van der Waals surface area (Å²) < 4.78 is 2.06. The summed E-state index contributed by atoms with van der Waals surface area (Å²) in [7, 11) is 1.77. The number of rotatable bonds is 5. The quantitative estimate of drug-likeness (QED) is 0.604. The van der Waals surface area contributed by atoms with E-state index in [1.54, 1.807) is 24.2 Å². The molecule has 1 amide bonds. The zero-order valence-corrected chi connectivity index (χ0v) is 14.5. The molecule has 4 rings (SSSR count). The third-order valence-corrected chi connectivity index (χ3v) is 4.35. The Bertz CT molecular complexity index is 1030. The SMILES string of the molecule is CN(Cc1nccn1Cc1ccccc1)C(=O)c1ccc2[nH]ccc2n1. The highest BCUT2D eigenvalue weighted by molar-refractivity contribution is 5.94. The van der Waals surface area contributed by atoms with Crippen LogP contribution in [0.5, 0.6) is 0 Å². The van der Waals surface area contributed by atoms with Gasteiger partial charge in [0, 0.05) is 32.2 Å². The van der Waals surface area contributed by atoms with Gasteiger partial charge in [-0.2, -0.15) is 0 Å². The van der Waals surface area contributed by atoms with Crippen molar-refractivity contribution in [3.8, 4) is 0 Å². The second-order valence-corrected chi connectivity index (χ2v) is 6.23. The summed E-state index contributed by atoms with van der Waals surface area (Å²) in [5, 5.41) is 0. The molecular formula is C20H19N5O. The van der Waals surface area contributed by atoms with Gasteiger partial charge in [0.25, 0.3) is 5.91 Å². The number of H-pyrrole nitrogens is 1. The fourth-order valence-corrected chi connectivity index (χ4v) is 2.95. The Morgan fingerprint density at radius 3 is 2.85 bits per heavy atom. The lowest BCUT2D eigenvalue weighted by Crippen LogP contribution is -2.28. The molecule has 6 nitrogen and oxygen atoms in total. The van der Waals surface area contributed by atoms with Crippen LogP contribution in [0.4, 0.5) is 0 Å². The van der Waals surface area contributed by atoms with Gasteiger partial charge in [0.2, 0.25) is 0 Å². The maximum atomic E-state index is 12.7. The lowest BCUT2D eigenvalue weighted by molar-refractivity contribution is 0.0775. The van der Waals surface area contributed by atoms with E-state index in [-0.39, 0.29) is 5.91 Å². The van der Waals surface area contributed by atoms with Gasteiger partial charge in [0.1, 0.15) is 11.5 Å². The summed E-state index contributed by atoms with van der Waals surface area (Å²) in [5.41, 5.74) is 3.33. The van der Waals surface area contributed by atoms with Crippen molar-refractivity contribution in [1.82, 2.24) is 24.4 Å². The number of imidazole rings is 1. The van der Waals surface area contributed by atoms with Crippen molar-refractivity contribution in [1.29, 1.82) is 0 Å². The van der Waals surface area contributed by atoms with E-state index >= 15 is 0 Å². The van der Waals surface area contributed by atoms with Crippen LogP contribution in [0.3, 0.4) is 0 Å². The number of fused-ring (bicyclic) bond motifs is 1. The Hall–Kier alpha value is -3.41. The maximum Gasteiger partial charge on any atom is 0.272 e. The lowest BCUT2D eigenvalue weighted by atomic mass is 10.2. The van der Waals surface area contributed by atoms with Crippen molar-refractivity contribution in [2.24, 2.45) is 0 Å². The molecule has 0 unspecified atom stereocenters. The molecule has 130 valence electrons. The number of benzene rings is 1. The molecule has 0 fully saturated rings. The molecule has 0 spiro atoms. The Morgan fingerprint density at radius 2 is 2.00 bits per heavy atom. The van der Waals surface area contributed by atoms with E-state index in [4.69, 9.17) is 0 Å². The summed E-state index contributed by atoms with van der Waals surface area (Å²) in [5.74, 6) is 0.717. The second kappa shape index (κ2) is 6.84. The number of nitrogens with one attached hydrogen (secondary N) is 1. The smallest absolute Gasteiger partial charge is 0.272 e. The van der Waals surface area contributed by atoms with E-state index in [1.807, 2.05) is 42.7 Å². The number of carbonyl (C=O) groups excluding carboxylic acids is 1. The summed E-state index contributed by atoms with van der Waals surface area (Å²) in [6.07, 6.45) is 5.52. The molecule has 0 aliphatic heterocycles. The summed E-state index contributed by atoms with van der Waals surface area (Å²) in [6.45, 7) is 1.15. The highest BCUT2D eigenvalue weighted by Gasteiger charge is 2.16. The summed E-state index contributed by atoms with van der Waals surface area (Å²) in [4.78, 5) is 26.3. The number of nitrogens with zero attached hydrogens (tertiary/aromatic N) is 4. The number of amides is 1. The predicted octanol–water partition coefficient (Wildman–Crippen LogP) is 3.08.